The summed E-state index contributed by atoms with van der Waals surface area (Å²) in [4.78, 5) is 14.3. The van der Waals surface area contributed by atoms with Crippen LogP contribution in [-0.4, -0.2) is 44.6 Å². The minimum Gasteiger partial charge on any atom is -0.490 e. The van der Waals surface area contributed by atoms with E-state index in [1.165, 1.54) is 0 Å². The van der Waals surface area contributed by atoms with Crippen molar-refractivity contribution >= 4 is 5.91 Å². The van der Waals surface area contributed by atoms with Crippen molar-refractivity contribution in [2.45, 2.75) is 6.92 Å². The molecule has 2 aromatic carbocycles. The Morgan fingerprint density at radius 2 is 1.67 bits per heavy atom. The smallest absolute Gasteiger partial charge is 0.257 e. The summed E-state index contributed by atoms with van der Waals surface area (Å²) in [5.41, 5.74) is 0.530. The Morgan fingerprint density at radius 1 is 1.04 bits per heavy atom. The number of benzene rings is 2. The fourth-order valence-corrected chi connectivity index (χ4v) is 2.25. The van der Waals surface area contributed by atoms with E-state index in [1.807, 2.05) is 50.4 Å². The average Bonchev–Trinajstić information content (AvgIpc) is 2.61. The van der Waals surface area contributed by atoms with Gasteiger partial charge in [0.15, 0.2) is 11.5 Å². The molecule has 0 spiro atoms. The van der Waals surface area contributed by atoms with E-state index in [9.17, 15) is 4.79 Å². The molecule has 24 heavy (non-hydrogen) atoms. The number of nitrogens with one attached hydrogen (secondary N) is 1. The molecule has 0 radical (unpaired) electrons. The zero-order valence-corrected chi connectivity index (χ0v) is 14.4. The second kappa shape index (κ2) is 8.93. The molecule has 0 atom stereocenters. The first-order chi connectivity index (χ1) is 11.7. The summed E-state index contributed by atoms with van der Waals surface area (Å²) >= 11 is 0. The molecule has 0 heterocycles. The van der Waals surface area contributed by atoms with E-state index in [2.05, 4.69) is 5.32 Å². The van der Waals surface area contributed by atoms with E-state index in [1.54, 1.807) is 24.1 Å². The van der Waals surface area contributed by atoms with Gasteiger partial charge < -0.3 is 19.7 Å². The molecule has 0 aromatic heterocycles. The molecule has 0 fully saturated rings. The number of nitrogens with zero attached hydrogens (tertiary/aromatic N) is 1. The van der Waals surface area contributed by atoms with Gasteiger partial charge in [-0.3, -0.25) is 4.79 Å². The van der Waals surface area contributed by atoms with Crippen LogP contribution in [0.2, 0.25) is 0 Å². The van der Waals surface area contributed by atoms with E-state index < -0.39 is 0 Å². The highest BCUT2D eigenvalue weighted by Gasteiger charge is 2.17. The molecule has 0 saturated heterocycles. The molecule has 0 aliphatic heterocycles. The van der Waals surface area contributed by atoms with Crippen LogP contribution in [0.3, 0.4) is 0 Å². The lowest BCUT2D eigenvalue weighted by molar-refractivity contribution is 0.0794. The minimum atomic E-state index is -0.0743. The molecule has 0 aliphatic rings. The summed E-state index contributed by atoms with van der Waals surface area (Å²) in [7, 11) is 3.64. The lowest BCUT2D eigenvalue weighted by atomic mass is 10.1. The van der Waals surface area contributed by atoms with Gasteiger partial charge in [0.1, 0.15) is 5.75 Å². The monoisotopic (exact) mass is 328 g/mol. The van der Waals surface area contributed by atoms with Gasteiger partial charge in [0.05, 0.1) is 12.2 Å². The molecule has 2 rings (SSSR count). The van der Waals surface area contributed by atoms with Crippen molar-refractivity contribution in [3.05, 3.63) is 54.1 Å². The third-order valence-electron chi connectivity index (χ3n) is 3.53. The van der Waals surface area contributed by atoms with Crippen molar-refractivity contribution < 1.29 is 14.3 Å². The Kier molecular flexibility index (Phi) is 6.63. The Hall–Kier alpha value is -2.53. The summed E-state index contributed by atoms with van der Waals surface area (Å²) in [5, 5.41) is 3.04. The standard InChI is InChI=1S/C19H24N2O3/c1-4-23-17-11-7-8-12-18(17)24-16-10-6-5-9-15(16)19(22)21(3)14-13-20-2/h5-12,20H,4,13-14H2,1-3H3. The first kappa shape index (κ1) is 17.8. The summed E-state index contributed by atoms with van der Waals surface area (Å²) in [6.07, 6.45) is 0. The average molecular weight is 328 g/mol. The number of amides is 1. The molecule has 1 amide bonds. The maximum atomic E-state index is 12.7. The van der Waals surface area contributed by atoms with Gasteiger partial charge in [-0.1, -0.05) is 24.3 Å². The number of para-hydroxylation sites is 3. The number of ether oxygens (including phenoxy) is 2. The normalized spacial score (nSPS) is 10.3. The lowest BCUT2D eigenvalue weighted by Gasteiger charge is -2.19. The summed E-state index contributed by atoms with van der Waals surface area (Å²) in [6.45, 7) is 3.83. The minimum absolute atomic E-state index is 0.0743. The van der Waals surface area contributed by atoms with Gasteiger partial charge in [-0.05, 0) is 38.2 Å². The van der Waals surface area contributed by atoms with Crippen molar-refractivity contribution in [1.29, 1.82) is 0 Å². The number of rotatable bonds is 8. The van der Waals surface area contributed by atoms with Gasteiger partial charge in [0.2, 0.25) is 0 Å². The summed E-state index contributed by atoms with van der Waals surface area (Å²) < 4.78 is 11.6. The first-order valence-electron chi connectivity index (χ1n) is 8.06. The zero-order valence-electron chi connectivity index (χ0n) is 14.4. The number of hydrogen-bond acceptors (Lipinski definition) is 4. The second-order valence-electron chi connectivity index (χ2n) is 5.31. The van der Waals surface area contributed by atoms with Crippen LogP contribution in [0.15, 0.2) is 48.5 Å². The third kappa shape index (κ3) is 4.49. The van der Waals surface area contributed by atoms with Crippen LogP contribution < -0.4 is 14.8 Å². The summed E-state index contributed by atoms with van der Waals surface area (Å²) in [6, 6.07) is 14.7. The van der Waals surface area contributed by atoms with Gasteiger partial charge in [-0.25, -0.2) is 0 Å². The predicted molar refractivity (Wildman–Crippen MR) is 95.0 cm³/mol. The van der Waals surface area contributed by atoms with Gasteiger partial charge >= 0.3 is 0 Å². The van der Waals surface area contributed by atoms with Crippen LogP contribution in [0.1, 0.15) is 17.3 Å². The first-order valence-corrected chi connectivity index (χ1v) is 8.06. The van der Waals surface area contributed by atoms with Crippen molar-refractivity contribution in [3.8, 4) is 17.2 Å². The van der Waals surface area contributed by atoms with Gasteiger partial charge in [-0.15, -0.1) is 0 Å². The van der Waals surface area contributed by atoms with E-state index >= 15 is 0 Å². The van der Waals surface area contributed by atoms with Crippen LogP contribution in [0, 0.1) is 0 Å². The largest absolute Gasteiger partial charge is 0.490 e. The van der Waals surface area contributed by atoms with Crippen LogP contribution in [0.4, 0.5) is 0 Å². The fourth-order valence-electron chi connectivity index (χ4n) is 2.25. The molecular formula is C19H24N2O3. The van der Waals surface area contributed by atoms with E-state index in [0.717, 1.165) is 6.54 Å². The number of carbonyl (C=O) groups is 1. The Balaban J connectivity index is 2.25. The number of carbonyl (C=O) groups excluding carboxylic acids is 1. The van der Waals surface area contributed by atoms with Crippen molar-refractivity contribution in [2.24, 2.45) is 0 Å². The molecule has 1 N–H and O–H groups in total. The molecular weight excluding hydrogens is 304 g/mol. The van der Waals surface area contributed by atoms with Crippen LogP contribution in [0.5, 0.6) is 17.2 Å². The second-order valence-corrected chi connectivity index (χ2v) is 5.31. The summed E-state index contributed by atoms with van der Waals surface area (Å²) in [5.74, 6) is 1.70. The zero-order chi connectivity index (χ0) is 17.4. The number of likely N-dealkylation sites (N-methyl/N-ethyl adjacent to an activating group) is 2. The van der Waals surface area contributed by atoms with Crippen LogP contribution in [0.25, 0.3) is 0 Å². The Labute approximate surface area is 143 Å². The molecule has 0 saturated carbocycles. The van der Waals surface area contributed by atoms with Crippen molar-refractivity contribution in [3.63, 3.8) is 0 Å². The molecule has 0 aliphatic carbocycles. The Bertz CT molecular complexity index is 673. The van der Waals surface area contributed by atoms with Gasteiger partial charge in [0.25, 0.3) is 5.91 Å². The highest BCUT2D eigenvalue weighted by molar-refractivity contribution is 5.96. The molecule has 0 unspecified atom stereocenters. The van der Waals surface area contributed by atoms with Crippen molar-refractivity contribution in [2.75, 3.05) is 33.8 Å². The van der Waals surface area contributed by atoms with E-state index in [0.29, 0.717) is 36.0 Å². The predicted octanol–water partition coefficient (Wildman–Crippen LogP) is 3.17. The molecule has 5 heteroatoms. The third-order valence-corrected chi connectivity index (χ3v) is 3.53. The van der Waals surface area contributed by atoms with Crippen LogP contribution in [-0.2, 0) is 0 Å². The van der Waals surface area contributed by atoms with E-state index in [4.69, 9.17) is 9.47 Å². The molecule has 5 nitrogen and oxygen atoms in total. The lowest BCUT2D eigenvalue weighted by Crippen LogP contribution is -2.32. The fraction of sp³-hybridized carbons (Fsp3) is 0.316. The number of hydrogen-bond donors (Lipinski definition) is 1. The van der Waals surface area contributed by atoms with E-state index in [-0.39, 0.29) is 5.91 Å². The maximum absolute atomic E-state index is 12.7. The van der Waals surface area contributed by atoms with Gasteiger partial charge in [-0.2, -0.15) is 0 Å². The SMILES string of the molecule is CCOc1ccccc1Oc1ccccc1C(=O)N(C)CCNC. The highest BCUT2D eigenvalue weighted by Crippen LogP contribution is 2.33. The van der Waals surface area contributed by atoms with Crippen LogP contribution >= 0.6 is 0 Å². The quantitative estimate of drug-likeness (QED) is 0.809. The topological polar surface area (TPSA) is 50.8 Å². The Morgan fingerprint density at radius 3 is 2.33 bits per heavy atom. The molecule has 0 bridgehead atoms. The highest BCUT2D eigenvalue weighted by atomic mass is 16.5. The van der Waals surface area contributed by atoms with Crippen molar-refractivity contribution in [1.82, 2.24) is 10.2 Å². The van der Waals surface area contributed by atoms with Gasteiger partial charge in [0, 0.05) is 20.1 Å². The molecule has 128 valence electrons. The maximum Gasteiger partial charge on any atom is 0.257 e. The molecule has 2 aromatic rings.